The average molecular weight is 522 g/mol. The fourth-order valence-corrected chi connectivity index (χ4v) is 4.16. The van der Waals surface area contributed by atoms with Gasteiger partial charge in [0.2, 0.25) is 0 Å². The van der Waals surface area contributed by atoms with E-state index in [4.69, 9.17) is 16.3 Å². The van der Waals surface area contributed by atoms with Crippen LogP contribution in [0.25, 0.3) is 11.0 Å². The van der Waals surface area contributed by atoms with Gasteiger partial charge in [-0.1, -0.05) is 23.7 Å². The zero-order valence-corrected chi connectivity index (χ0v) is 21.8. The van der Waals surface area contributed by atoms with Crippen LogP contribution in [-0.4, -0.2) is 48.5 Å². The summed E-state index contributed by atoms with van der Waals surface area (Å²) in [6.07, 6.45) is 2.37. The number of amides is 1. The molecule has 0 fully saturated rings. The molecule has 192 valence electrons. The molecule has 2 aromatic carbocycles. The Hall–Kier alpha value is -4.11. The van der Waals surface area contributed by atoms with Crippen molar-refractivity contribution >= 4 is 46.0 Å². The van der Waals surface area contributed by atoms with Gasteiger partial charge in [0.1, 0.15) is 23.3 Å². The molecular formula is C27H28ClN5O4. The largest absolute Gasteiger partial charge is 0.465 e. The molecule has 0 saturated carbocycles. The summed E-state index contributed by atoms with van der Waals surface area (Å²) in [5.74, 6) is 1.47. The summed E-state index contributed by atoms with van der Waals surface area (Å²) in [5, 5.41) is 13.3. The third-order valence-electron chi connectivity index (χ3n) is 5.82. The number of Topliss-reactive ketones (excluding diaryl/α,β-unsaturated/α-hetero) is 1. The first-order valence-corrected chi connectivity index (χ1v) is 12.1. The number of fused-ring (bicyclic) bond motifs is 1. The van der Waals surface area contributed by atoms with Crippen LogP contribution >= 0.6 is 11.6 Å². The predicted molar refractivity (Wildman–Crippen MR) is 143 cm³/mol. The van der Waals surface area contributed by atoms with Gasteiger partial charge < -0.3 is 24.6 Å². The van der Waals surface area contributed by atoms with E-state index >= 15 is 0 Å². The van der Waals surface area contributed by atoms with Gasteiger partial charge >= 0.3 is 6.09 Å². The van der Waals surface area contributed by atoms with Crippen LogP contribution in [0.1, 0.15) is 38.1 Å². The molecule has 0 atom stereocenters. The van der Waals surface area contributed by atoms with E-state index in [1.165, 1.54) is 18.2 Å². The molecule has 0 aliphatic carbocycles. The van der Waals surface area contributed by atoms with Crippen molar-refractivity contribution in [1.82, 2.24) is 19.4 Å². The van der Waals surface area contributed by atoms with E-state index in [-0.39, 0.29) is 5.78 Å². The molecule has 0 bridgehead atoms. The van der Waals surface area contributed by atoms with Crippen molar-refractivity contribution in [2.24, 2.45) is 0 Å². The summed E-state index contributed by atoms with van der Waals surface area (Å²) in [4.78, 5) is 33.5. The number of nitrogens with zero attached hydrogens (tertiary/aromatic N) is 4. The van der Waals surface area contributed by atoms with E-state index in [9.17, 15) is 14.7 Å². The number of carbonyl (C=O) groups is 2. The summed E-state index contributed by atoms with van der Waals surface area (Å²) in [5.41, 5.74) is 2.19. The highest BCUT2D eigenvalue weighted by atomic mass is 35.5. The van der Waals surface area contributed by atoms with Crippen LogP contribution in [0.2, 0.25) is 5.02 Å². The van der Waals surface area contributed by atoms with Crippen LogP contribution in [0, 0.1) is 0 Å². The number of benzene rings is 2. The molecule has 0 aliphatic rings. The number of aromatic nitrogens is 3. The third kappa shape index (κ3) is 6.00. The minimum absolute atomic E-state index is 0.0499. The summed E-state index contributed by atoms with van der Waals surface area (Å²) in [7, 11) is 0. The van der Waals surface area contributed by atoms with E-state index in [1.807, 2.05) is 43.7 Å². The molecule has 2 N–H and O–H groups in total. The molecule has 1 amide bonds. The van der Waals surface area contributed by atoms with Crippen molar-refractivity contribution < 1.29 is 19.4 Å². The molecule has 37 heavy (non-hydrogen) atoms. The Morgan fingerprint density at radius 3 is 2.59 bits per heavy atom. The number of halogens is 1. The van der Waals surface area contributed by atoms with Crippen molar-refractivity contribution in [2.45, 2.75) is 39.8 Å². The molecule has 9 nitrogen and oxygen atoms in total. The average Bonchev–Trinajstić information content (AvgIpc) is 3.24. The number of carbonyl (C=O) groups excluding carboxylic acids is 1. The number of carboxylic acid groups (broad SMARTS) is 1. The maximum atomic E-state index is 11.7. The van der Waals surface area contributed by atoms with Gasteiger partial charge in [-0.25, -0.2) is 14.8 Å². The Labute approximate surface area is 219 Å². The van der Waals surface area contributed by atoms with Crippen LogP contribution < -0.4 is 10.1 Å². The van der Waals surface area contributed by atoms with Crippen molar-refractivity contribution in [2.75, 3.05) is 11.9 Å². The summed E-state index contributed by atoms with van der Waals surface area (Å²) < 4.78 is 7.82. The van der Waals surface area contributed by atoms with Crippen LogP contribution in [0.3, 0.4) is 0 Å². The molecular weight excluding hydrogens is 494 g/mol. The standard InChI is InChI=1S/C27H28ClN5O4/c1-17(34)18-6-5-7-20(14-18)37-23-9-8-19(15-21(23)28)31-25-24-22(29-16-30-25)10-11-32(24)12-13-33(26(35)36)27(2,3)4/h5-11,14-16H,12-13H2,1-4H3,(H,35,36)(H,29,30,31). The summed E-state index contributed by atoms with van der Waals surface area (Å²) >= 11 is 6.50. The SMILES string of the molecule is CC(=O)c1cccc(Oc2ccc(Nc3ncnc4ccn(CCN(C(=O)O)C(C)(C)C)c34)cc2Cl)c1. The van der Waals surface area contributed by atoms with Gasteiger partial charge in [0.05, 0.1) is 10.5 Å². The van der Waals surface area contributed by atoms with Gasteiger partial charge in [0, 0.05) is 36.1 Å². The molecule has 2 heterocycles. The van der Waals surface area contributed by atoms with Gasteiger partial charge in [0.25, 0.3) is 0 Å². The predicted octanol–water partition coefficient (Wildman–Crippen LogP) is 6.60. The van der Waals surface area contributed by atoms with E-state index in [0.29, 0.717) is 46.7 Å². The number of ether oxygens (including phenoxy) is 1. The molecule has 0 radical (unpaired) electrons. The lowest BCUT2D eigenvalue weighted by Crippen LogP contribution is -2.46. The minimum Gasteiger partial charge on any atom is -0.465 e. The quantitative estimate of drug-likeness (QED) is 0.251. The van der Waals surface area contributed by atoms with Crippen molar-refractivity contribution in [3.63, 3.8) is 0 Å². The fourth-order valence-electron chi connectivity index (χ4n) is 3.94. The number of rotatable bonds is 8. The molecule has 4 rings (SSSR count). The minimum atomic E-state index is -0.969. The fraction of sp³-hybridized carbons (Fsp3) is 0.259. The first-order valence-electron chi connectivity index (χ1n) is 11.7. The molecule has 0 unspecified atom stereocenters. The second-order valence-corrected chi connectivity index (χ2v) is 9.93. The Balaban J connectivity index is 1.55. The van der Waals surface area contributed by atoms with Crippen LogP contribution in [0.5, 0.6) is 11.5 Å². The number of anilines is 2. The lowest BCUT2D eigenvalue weighted by atomic mass is 10.1. The van der Waals surface area contributed by atoms with Crippen molar-refractivity contribution in [3.05, 3.63) is 71.6 Å². The van der Waals surface area contributed by atoms with Crippen molar-refractivity contribution in [1.29, 1.82) is 0 Å². The first-order chi connectivity index (χ1) is 17.5. The number of hydrogen-bond donors (Lipinski definition) is 2. The molecule has 10 heteroatoms. The second kappa shape index (κ2) is 10.5. The zero-order chi connectivity index (χ0) is 26.7. The molecule has 4 aromatic rings. The van der Waals surface area contributed by atoms with Gasteiger partial charge in [-0.2, -0.15) is 0 Å². The summed E-state index contributed by atoms with van der Waals surface area (Å²) in [6, 6.07) is 14.0. The van der Waals surface area contributed by atoms with E-state index in [0.717, 1.165) is 11.0 Å². The smallest absolute Gasteiger partial charge is 0.407 e. The third-order valence-corrected chi connectivity index (χ3v) is 6.11. The lowest BCUT2D eigenvalue weighted by Gasteiger charge is -2.33. The second-order valence-electron chi connectivity index (χ2n) is 9.53. The highest BCUT2D eigenvalue weighted by molar-refractivity contribution is 6.32. The molecule has 0 saturated heterocycles. The highest BCUT2D eigenvalue weighted by Crippen LogP contribution is 2.33. The zero-order valence-electron chi connectivity index (χ0n) is 21.0. The van der Waals surface area contributed by atoms with E-state index in [2.05, 4.69) is 15.3 Å². The topological polar surface area (TPSA) is 110 Å². The molecule has 2 aromatic heterocycles. The number of ketones is 1. The first kappa shape index (κ1) is 26.0. The maximum Gasteiger partial charge on any atom is 0.407 e. The maximum absolute atomic E-state index is 11.7. The normalized spacial score (nSPS) is 11.4. The monoisotopic (exact) mass is 521 g/mol. The van der Waals surface area contributed by atoms with Gasteiger partial charge in [-0.15, -0.1) is 0 Å². The van der Waals surface area contributed by atoms with E-state index in [1.54, 1.807) is 36.4 Å². The van der Waals surface area contributed by atoms with Crippen LogP contribution in [0.15, 0.2) is 61.1 Å². The Bertz CT molecular complexity index is 1460. The lowest BCUT2D eigenvalue weighted by molar-refractivity contribution is 0.0978. The van der Waals surface area contributed by atoms with Gasteiger partial charge in [-0.3, -0.25) is 4.79 Å². The Morgan fingerprint density at radius 1 is 1.14 bits per heavy atom. The molecule has 0 aliphatic heterocycles. The van der Waals surface area contributed by atoms with Gasteiger partial charge in [-0.05, 0) is 64.1 Å². The van der Waals surface area contributed by atoms with Crippen LogP contribution in [-0.2, 0) is 6.54 Å². The van der Waals surface area contributed by atoms with E-state index < -0.39 is 11.6 Å². The van der Waals surface area contributed by atoms with Crippen LogP contribution in [0.4, 0.5) is 16.3 Å². The highest BCUT2D eigenvalue weighted by Gasteiger charge is 2.26. The summed E-state index contributed by atoms with van der Waals surface area (Å²) in [6.45, 7) is 7.83. The van der Waals surface area contributed by atoms with Gasteiger partial charge in [0.15, 0.2) is 11.6 Å². The Kier molecular flexibility index (Phi) is 7.35. The Morgan fingerprint density at radius 2 is 1.92 bits per heavy atom. The number of hydrogen-bond acceptors (Lipinski definition) is 6. The number of nitrogens with one attached hydrogen (secondary N) is 1. The molecule has 0 spiro atoms. The van der Waals surface area contributed by atoms with Crippen molar-refractivity contribution in [3.8, 4) is 11.5 Å².